The Labute approximate surface area is 361 Å². The summed E-state index contributed by atoms with van der Waals surface area (Å²) in [5, 5.41) is 2.14. The van der Waals surface area contributed by atoms with Crippen LogP contribution in [0.5, 0.6) is 11.5 Å². The maximum atomic E-state index is 14.5. The first-order valence-corrected chi connectivity index (χ1v) is 19.4. The number of para-hydroxylation sites is 4. The minimum Gasteiger partial charge on any atom is -0.509 e. The van der Waals surface area contributed by atoms with Gasteiger partial charge in [0.2, 0.25) is 5.69 Å². The van der Waals surface area contributed by atoms with Crippen molar-refractivity contribution < 1.29 is 34.6 Å². The van der Waals surface area contributed by atoms with Gasteiger partial charge in [0.25, 0.3) is 11.4 Å². The Morgan fingerprint density at radius 1 is 0.600 bits per heavy atom. The van der Waals surface area contributed by atoms with E-state index in [1.807, 2.05) is 106 Å². The third kappa shape index (κ3) is 7.06. The summed E-state index contributed by atoms with van der Waals surface area (Å²) in [6, 6.07) is 60.5. The molecule has 0 amide bonds. The van der Waals surface area contributed by atoms with Crippen LogP contribution in [0.1, 0.15) is 26.3 Å². The largest absolute Gasteiger partial charge is 2.00 e. The van der Waals surface area contributed by atoms with E-state index in [4.69, 9.17) is 9.72 Å². The second kappa shape index (κ2) is 15.4. The zero-order chi connectivity index (χ0) is 40.3. The molecule has 2 aromatic heterocycles. The second-order valence-electron chi connectivity index (χ2n) is 15.6. The molecule has 0 bridgehead atoms. The van der Waals surface area contributed by atoms with Gasteiger partial charge < -0.3 is 9.30 Å². The normalized spacial score (nSPS) is 12.2. The van der Waals surface area contributed by atoms with Crippen LogP contribution < -0.4 is 13.9 Å². The molecular weight excluding hydrogens is 930 g/mol. The van der Waals surface area contributed by atoms with E-state index < -0.39 is 11.6 Å². The Kier molecular flexibility index (Phi) is 9.96. The van der Waals surface area contributed by atoms with Crippen LogP contribution in [0.25, 0.3) is 49.9 Å². The van der Waals surface area contributed by atoms with Crippen molar-refractivity contribution in [1.29, 1.82) is 0 Å². The molecule has 0 spiro atoms. The topological polar surface area (TPSA) is 33.1 Å². The molecule has 0 N–H and O–H groups in total. The quantitative estimate of drug-likeness (QED) is 0.118. The smallest absolute Gasteiger partial charge is 0.509 e. The minimum absolute atomic E-state index is 0. The van der Waals surface area contributed by atoms with Crippen LogP contribution in [-0.4, -0.2) is 15.6 Å². The minimum atomic E-state index is -0.643. The van der Waals surface area contributed by atoms with Gasteiger partial charge in [0.05, 0.1) is 5.56 Å². The molecule has 0 atom stereocenters. The SMILES string of the molecule is CC(C)(C)c1ccnc(-n2c3[c-]c(Oc4[c-]c([N+]5=C=[N+](c6ccccc6-c6cc(F)cc(F)c6)c6ccccc65)cc(-c5ccccc5)c4)ccc3c3ccccc32)c1.[Pt+2]. The molecule has 9 aromatic rings. The van der Waals surface area contributed by atoms with Crippen molar-refractivity contribution in [3.05, 3.63) is 193 Å². The summed E-state index contributed by atoms with van der Waals surface area (Å²) in [5.41, 5.74) is 9.09. The fourth-order valence-corrected chi connectivity index (χ4v) is 7.84. The first-order chi connectivity index (χ1) is 28.7. The summed E-state index contributed by atoms with van der Waals surface area (Å²) in [6.07, 6.45) is 1.87. The zero-order valence-electron chi connectivity index (χ0n) is 32.9. The van der Waals surface area contributed by atoms with E-state index in [2.05, 4.69) is 92.0 Å². The number of pyridine rings is 1. The van der Waals surface area contributed by atoms with Crippen molar-refractivity contribution in [1.82, 2.24) is 18.7 Å². The number of hydrogen-bond donors (Lipinski definition) is 0. The molecule has 5 nitrogen and oxygen atoms in total. The number of fused-ring (bicyclic) bond motifs is 4. The summed E-state index contributed by atoms with van der Waals surface area (Å²) in [7, 11) is 0. The van der Waals surface area contributed by atoms with Crippen LogP contribution in [0.4, 0.5) is 31.5 Å². The molecule has 0 unspecified atom stereocenters. The van der Waals surface area contributed by atoms with Crippen LogP contribution >= 0.6 is 0 Å². The number of ether oxygens (including phenoxy) is 1. The first-order valence-electron chi connectivity index (χ1n) is 19.4. The van der Waals surface area contributed by atoms with Crippen LogP contribution in [0, 0.1) is 23.8 Å². The fraction of sp³-hybridized carbons (Fsp3) is 0.0769. The third-order valence-corrected chi connectivity index (χ3v) is 10.7. The Bertz CT molecular complexity index is 3180. The number of halogens is 2. The van der Waals surface area contributed by atoms with E-state index in [-0.39, 0.29) is 26.5 Å². The molecule has 292 valence electrons. The summed E-state index contributed by atoms with van der Waals surface area (Å²) < 4.78 is 41.7. The van der Waals surface area contributed by atoms with Crippen LogP contribution in [0.3, 0.4) is 0 Å². The molecule has 0 saturated carbocycles. The Balaban J connectivity index is 0.00000462. The average Bonchev–Trinajstić information content (AvgIpc) is 3.79. The number of nitrogens with zero attached hydrogens (tertiary/aromatic N) is 4. The molecule has 3 heterocycles. The van der Waals surface area contributed by atoms with Gasteiger partial charge in [-0.1, -0.05) is 116 Å². The van der Waals surface area contributed by atoms with Gasteiger partial charge in [-0.15, -0.1) is 29.1 Å². The summed E-state index contributed by atoms with van der Waals surface area (Å²) in [6.45, 7) is 6.60. The molecule has 1 aliphatic heterocycles. The van der Waals surface area contributed by atoms with Gasteiger partial charge in [-0.05, 0) is 68.5 Å². The molecule has 7 aromatic carbocycles. The monoisotopic (exact) mass is 965 g/mol. The molecule has 10 rings (SSSR count). The molecule has 0 fully saturated rings. The van der Waals surface area contributed by atoms with E-state index in [0.29, 0.717) is 34.0 Å². The number of rotatable bonds is 7. The summed E-state index contributed by atoms with van der Waals surface area (Å²) in [4.78, 5) is 4.83. The number of benzene rings is 7. The predicted octanol–water partition coefficient (Wildman–Crippen LogP) is 13.3. The maximum absolute atomic E-state index is 14.5. The summed E-state index contributed by atoms with van der Waals surface area (Å²) >= 11 is 0. The van der Waals surface area contributed by atoms with Crippen LogP contribution in [0.2, 0.25) is 0 Å². The standard InChI is InChI=1S/C52H36F2N4O.Pt/c1-52(2,3)37-23-24-55-51(29-37)58-47-18-10-8-16-44(47)45-22-21-41(32-50(45)58)59-42-28-35(34-13-5-4-6-14-34)27-40(31-42)56-33-57(49-20-12-11-19-48(49)56)46-17-9-7-15-43(46)36-25-38(53)30-39(54)26-36;/h4-30H,1-3H3;/q;+2. The van der Waals surface area contributed by atoms with E-state index in [1.54, 1.807) is 0 Å². The maximum Gasteiger partial charge on any atom is 2.00 e. The number of aromatic nitrogens is 2. The van der Waals surface area contributed by atoms with Gasteiger partial charge in [-0.3, -0.25) is 0 Å². The molecule has 0 radical (unpaired) electrons. The van der Waals surface area contributed by atoms with E-state index in [1.165, 1.54) is 17.7 Å². The Hall–Kier alpha value is -6.78. The van der Waals surface area contributed by atoms with Crippen molar-refractivity contribution in [2.75, 3.05) is 0 Å². The van der Waals surface area contributed by atoms with E-state index >= 15 is 0 Å². The van der Waals surface area contributed by atoms with Crippen molar-refractivity contribution in [3.63, 3.8) is 0 Å². The van der Waals surface area contributed by atoms with Crippen LogP contribution in [-0.2, 0) is 26.5 Å². The molecule has 0 saturated heterocycles. The van der Waals surface area contributed by atoms with Gasteiger partial charge in [-0.2, -0.15) is 6.07 Å². The molecular formula is C52H36F2N4OPt+2. The van der Waals surface area contributed by atoms with E-state index in [0.717, 1.165) is 56.2 Å². The van der Waals surface area contributed by atoms with E-state index in [9.17, 15) is 8.78 Å². The van der Waals surface area contributed by atoms with Gasteiger partial charge >= 0.3 is 27.1 Å². The predicted molar refractivity (Wildman–Crippen MR) is 233 cm³/mol. The molecule has 1 aliphatic rings. The van der Waals surface area contributed by atoms with Gasteiger partial charge in [-0.25, -0.2) is 13.8 Å². The van der Waals surface area contributed by atoms with Crippen molar-refractivity contribution in [2.24, 2.45) is 0 Å². The van der Waals surface area contributed by atoms with Crippen molar-refractivity contribution in [3.8, 4) is 39.6 Å². The second-order valence-corrected chi connectivity index (χ2v) is 15.6. The average molecular weight is 966 g/mol. The number of hydrogen-bond acceptors (Lipinski definition) is 2. The molecule has 60 heavy (non-hydrogen) atoms. The first kappa shape index (κ1) is 38.7. The Morgan fingerprint density at radius 3 is 2.05 bits per heavy atom. The Morgan fingerprint density at radius 2 is 1.28 bits per heavy atom. The summed E-state index contributed by atoms with van der Waals surface area (Å²) in [5.74, 6) is 0.532. The van der Waals surface area contributed by atoms with Crippen molar-refractivity contribution in [2.45, 2.75) is 26.2 Å². The zero-order valence-corrected chi connectivity index (χ0v) is 35.1. The molecule has 0 aliphatic carbocycles. The van der Waals surface area contributed by atoms with Crippen molar-refractivity contribution >= 4 is 50.6 Å². The fourth-order valence-electron chi connectivity index (χ4n) is 7.84. The van der Waals surface area contributed by atoms with Gasteiger partial charge in [0.15, 0.2) is 0 Å². The van der Waals surface area contributed by atoms with Gasteiger partial charge in [0, 0.05) is 47.5 Å². The third-order valence-electron chi connectivity index (χ3n) is 10.7. The van der Waals surface area contributed by atoms with Crippen LogP contribution in [0.15, 0.2) is 164 Å². The van der Waals surface area contributed by atoms with Gasteiger partial charge in [0.1, 0.15) is 23.1 Å². The molecule has 8 heteroatoms.